The van der Waals surface area contributed by atoms with Crippen LogP contribution in [-0.4, -0.2) is 40.5 Å². The Labute approximate surface area is 186 Å². The van der Waals surface area contributed by atoms with Gasteiger partial charge in [0.15, 0.2) is 0 Å². The van der Waals surface area contributed by atoms with E-state index in [1.54, 1.807) is 0 Å². The van der Waals surface area contributed by atoms with Crippen molar-refractivity contribution in [3.63, 3.8) is 0 Å². The van der Waals surface area contributed by atoms with Crippen molar-refractivity contribution >= 4 is 16.8 Å². The fourth-order valence-electron chi connectivity index (χ4n) is 6.49. The standard InChI is InChI=1S/C27H37N3O/c1-4-13-29-16-20(27(31)28-21-9-6-5-7-10-21)14-23-22-11-8-12-24-26(22)19(15-25(23)29)17-30(24)18(2)3/h4,8,11-12,17-18,20-21,23,25H,1,5-7,9-10,13-16H2,2-3H3,(H,28,31). The average Bonchev–Trinajstić information content (AvgIpc) is 3.15. The van der Waals surface area contributed by atoms with Crippen LogP contribution in [0.5, 0.6) is 0 Å². The first-order valence-corrected chi connectivity index (χ1v) is 12.3. The van der Waals surface area contributed by atoms with Crippen LogP contribution in [0.25, 0.3) is 10.9 Å². The van der Waals surface area contributed by atoms with Crippen LogP contribution < -0.4 is 5.32 Å². The Morgan fingerprint density at radius 1 is 1.26 bits per heavy atom. The molecule has 2 heterocycles. The molecule has 0 spiro atoms. The molecule has 2 fully saturated rings. The lowest BCUT2D eigenvalue weighted by atomic mass is 9.72. The molecule has 31 heavy (non-hydrogen) atoms. The second kappa shape index (κ2) is 8.46. The lowest BCUT2D eigenvalue weighted by Gasteiger charge is -2.46. The third kappa shape index (κ3) is 3.73. The van der Waals surface area contributed by atoms with Crippen LogP contribution in [0.3, 0.4) is 0 Å². The van der Waals surface area contributed by atoms with Crippen molar-refractivity contribution in [3.05, 3.63) is 48.2 Å². The predicted octanol–water partition coefficient (Wildman–Crippen LogP) is 5.19. The van der Waals surface area contributed by atoms with Crippen LogP contribution >= 0.6 is 0 Å². The van der Waals surface area contributed by atoms with Crippen molar-refractivity contribution in [2.75, 3.05) is 13.1 Å². The molecule has 4 heteroatoms. The van der Waals surface area contributed by atoms with Gasteiger partial charge in [-0.3, -0.25) is 9.69 Å². The largest absolute Gasteiger partial charge is 0.353 e. The Balaban J connectivity index is 1.46. The quantitative estimate of drug-likeness (QED) is 0.678. The van der Waals surface area contributed by atoms with E-state index in [0.717, 1.165) is 38.8 Å². The Kier molecular flexibility index (Phi) is 5.68. The van der Waals surface area contributed by atoms with E-state index in [1.807, 2.05) is 6.08 Å². The Bertz CT molecular complexity index is 968. The first kappa shape index (κ1) is 20.8. The first-order valence-electron chi connectivity index (χ1n) is 12.3. The number of likely N-dealkylation sites (tertiary alicyclic amines) is 1. The zero-order chi connectivity index (χ0) is 21.5. The van der Waals surface area contributed by atoms with Gasteiger partial charge in [-0.15, -0.1) is 6.58 Å². The topological polar surface area (TPSA) is 37.3 Å². The van der Waals surface area contributed by atoms with E-state index in [1.165, 1.54) is 41.3 Å². The lowest BCUT2D eigenvalue weighted by Crippen LogP contribution is -2.54. The van der Waals surface area contributed by atoms with E-state index >= 15 is 0 Å². The molecule has 5 rings (SSSR count). The van der Waals surface area contributed by atoms with Crippen LogP contribution in [0.4, 0.5) is 0 Å². The minimum Gasteiger partial charge on any atom is -0.353 e. The van der Waals surface area contributed by atoms with E-state index in [2.05, 4.69) is 59.6 Å². The van der Waals surface area contributed by atoms with Gasteiger partial charge in [-0.25, -0.2) is 0 Å². The number of nitrogens with one attached hydrogen (secondary N) is 1. The van der Waals surface area contributed by atoms with E-state index < -0.39 is 0 Å². The van der Waals surface area contributed by atoms with Gasteiger partial charge >= 0.3 is 0 Å². The second-order valence-corrected chi connectivity index (χ2v) is 10.3. The van der Waals surface area contributed by atoms with Crippen molar-refractivity contribution in [1.82, 2.24) is 14.8 Å². The number of piperidine rings is 1. The Morgan fingerprint density at radius 2 is 2.06 bits per heavy atom. The highest BCUT2D eigenvalue weighted by atomic mass is 16.2. The highest BCUT2D eigenvalue weighted by Gasteiger charge is 2.43. The number of carbonyl (C=O) groups is 1. The van der Waals surface area contributed by atoms with Gasteiger partial charge in [0.25, 0.3) is 0 Å². The summed E-state index contributed by atoms with van der Waals surface area (Å²) in [6.45, 7) is 10.2. The van der Waals surface area contributed by atoms with Crippen molar-refractivity contribution in [1.29, 1.82) is 0 Å². The minimum atomic E-state index is 0.0621. The number of benzene rings is 1. The van der Waals surface area contributed by atoms with E-state index in [-0.39, 0.29) is 11.8 Å². The zero-order valence-electron chi connectivity index (χ0n) is 19.1. The summed E-state index contributed by atoms with van der Waals surface area (Å²) in [5, 5.41) is 4.86. The van der Waals surface area contributed by atoms with Crippen LogP contribution in [0.1, 0.15) is 75.5 Å². The number of fused-ring (bicyclic) bond motifs is 2. The summed E-state index contributed by atoms with van der Waals surface area (Å²) in [4.78, 5) is 15.8. The van der Waals surface area contributed by atoms with Crippen molar-refractivity contribution in [2.24, 2.45) is 5.92 Å². The predicted molar refractivity (Wildman–Crippen MR) is 127 cm³/mol. The summed E-state index contributed by atoms with van der Waals surface area (Å²) in [7, 11) is 0. The van der Waals surface area contributed by atoms with Crippen LogP contribution in [0, 0.1) is 5.92 Å². The normalized spacial score (nSPS) is 26.7. The van der Waals surface area contributed by atoms with Gasteiger partial charge in [-0.2, -0.15) is 0 Å². The molecule has 1 saturated heterocycles. The molecule has 0 bridgehead atoms. The molecule has 166 valence electrons. The molecule has 2 aromatic rings. The highest BCUT2D eigenvalue weighted by molar-refractivity contribution is 5.89. The monoisotopic (exact) mass is 419 g/mol. The smallest absolute Gasteiger partial charge is 0.224 e. The summed E-state index contributed by atoms with van der Waals surface area (Å²) in [6.07, 6.45) is 12.5. The third-order valence-corrected chi connectivity index (χ3v) is 7.97. The molecule has 1 aliphatic heterocycles. The number of rotatable bonds is 5. The Morgan fingerprint density at radius 3 is 2.81 bits per heavy atom. The molecule has 1 amide bonds. The van der Waals surface area contributed by atoms with Gasteiger partial charge in [-0.1, -0.05) is 37.5 Å². The molecule has 3 atom stereocenters. The average molecular weight is 420 g/mol. The fourth-order valence-corrected chi connectivity index (χ4v) is 6.49. The zero-order valence-corrected chi connectivity index (χ0v) is 19.1. The fraction of sp³-hybridized carbons (Fsp3) is 0.593. The number of hydrogen-bond donors (Lipinski definition) is 1. The van der Waals surface area contributed by atoms with Gasteiger partial charge in [0.1, 0.15) is 0 Å². The second-order valence-electron chi connectivity index (χ2n) is 10.3. The number of nitrogens with zero attached hydrogens (tertiary/aromatic N) is 2. The van der Waals surface area contributed by atoms with Crippen LogP contribution in [0.2, 0.25) is 0 Å². The maximum absolute atomic E-state index is 13.3. The summed E-state index contributed by atoms with van der Waals surface area (Å²) < 4.78 is 2.43. The van der Waals surface area contributed by atoms with E-state index in [4.69, 9.17) is 0 Å². The highest BCUT2D eigenvalue weighted by Crippen LogP contribution is 2.45. The molecule has 3 unspecified atom stereocenters. The van der Waals surface area contributed by atoms with Crippen molar-refractivity contribution in [3.8, 4) is 0 Å². The molecule has 2 aliphatic carbocycles. The number of carbonyl (C=O) groups excluding carboxylic acids is 1. The molecule has 0 radical (unpaired) electrons. The summed E-state index contributed by atoms with van der Waals surface area (Å²) >= 11 is 0. The molecular formula is C27H37N3O. The maximum atomic E-state index is 13.3. The molecule has 1 saturated carbocycles. The maximum Gasteiger partial charge on any atom is 0.224 e. The number of amides is 1. The first-order chi connectivity index (χ1) is 15.1. The van der Waals surface area contributed by atoms with E-state index in [0.29, 0.717) is 24.0 Å². The SMILES string of the molecule is C=CCN1CC(C(=O)NC2CCCCC2)CC2c3cccc4c3c(cn4C(C)C)CC21. The molecule has 1 aromatic carbocycles. The summed E-state index contributed by atoms with van der Waals surface area (Å²) in [5.41, 5.74) is 4.28. The number of aromatic nitrogens is 1. The lowest BCUT2D eigenvalue weighted by molar-refractivity contribution is -0.128. The third-order valence-electron chi connectivity index (χ3n) is 7.97. The summed E-state index contributed by atoms with van der Waals surface area (Å²) in [5.74, 6) is 0.749. The van der Waals surface area contributed by atoms with Gasteiger partial charge in [0.05, 0.1) is 5.92 Å². The van der Waals surface area contributed by atoms with Crippen molar-refractivity contribution < 1.29 is 4.79 Å². The van der Waals surface area contributed by atoms with Gasteiger partial charge in [-0.05, 0) is 56.7 Å². The number of hydrogen-bond acceptors (Lipinski definition) is 2. The van der Waals surface area contributed by atoms with Crippen molar-refractivity contribution in [2.45, 2.75) is 82.8 Å². The van der Waals surface area contributed by atoms with Gasteiger partial charge < -0.3 is 9.88 Å². The van der Waals surface area contributed by atoms with Gasteiger partial charge in [0, 0.05) is 54.2 Å². The van der Waals surface area contributed by atoms with Crippen LogP contribution in [0.15, 0.2) is 37.1 Å². The Hall–Kier alpha value is -2.07. The molecular weight excluding hydrogens is 382 g/mol. The van der Waals surface area contributed by atoms with Gasteiger partial charge in [0.2, 0.25) is 5.91 Å². The van der Waals surface area contributed by atoms with E-state index in [9.17, 15) is 4.79 Å². The minimum absolute atomic E-state index is 0.0621. The van der Waals surface area contributed by atoms with Crippen LogP contribution in [-0.2, 0) is 11.2 Å². The summed E-state index contributed by atoms with van der Waals surface area (Å²) in [6, 6.07) is 8.09. The molecule has 4 nitrogen and oxygen atoms in total. The molecule has 1 aromatic heterocycles. The molecule has 1 N–H and O–H groups in total. The molecule has 3 aliphatic rings.